The van der Waals surface area contributed by atoms with Crippen molar-refractivity contribution in [1.82, 2.24) is 4.98 Å². The first-order valence-electron chi connectivity index (χ1n) is 6.45. The lowest BCUT2D eigenvalue weighted by Crippen LogP contribution is -1.97. The molecule has 1 N–H and O–H groups in total. The van der Waals surface area contributed by atoms with Crippen LogP contribution in [0, 0.1) is 12.7 Å². The van der Waals surface area contributed by atoms with Gasteiger partial charge < -0.3 is 5.11 Å². The van der Waals surface area contributed by atoms with Crippen LogP contribution < -0.4 is 0 Å². The maximum atomic E-state index is 14.1. The maximum absolute atomic E-state index is 14.1. The minimum atomic E-state index is -1.14. The Balaban J connectivity index is 2.12. The third-order valence-corrected chi connectivity index (χ3v) is 3.36. The number of hydrogen-bond acceptors (Lipinski definition) is 2. The van der Waals surface area contributed by atoms with E-state index in [0.717, 1.165) is 22.7 Å². The molecule has 0 radical (unpaired) electrons. The molecule has 1 heterocycles. The molecule has 3 rings (SSSR count). The number of hydrogen-bond donors (Lipinski definition) is 1. The average molecular weight is 281 g/mol. The highest BCUT2D eigenvalue weighted by molar-refractivity contribution is 5.89. The first kappa shape index (κ1) is 13.2. The van der Waals surface area contributed by atoms with Gasteiger partial charge in [0.05, 0.1) is 11.1 Å². The molecule has 4 heteroatoms. The van der Waals surface area contributed by atoms with E-state index in [4.69, 9.17) is 5.11 Å². The van der Waals surface area contributed by atoms with Crippen molar-refractivity contribution in [2.75, 3.05) is 0 Å². The van der Waals surface area contributed by atoms with Gasteiger partial charge in [-0.2, -0.15) is 0 Å². The minimum absolute atomic E-state index is 0.0608. The van der Waals surface area contributed by atoms with Gasteiger partial charge in [-0.1, -0.05) is 18.2 Å². The number of aryl methyl sites for hydroxylation is 1. The van der Waals surface area contributed by atoms with E-state index in [9.17, 15) is 9.18 Å². The summed E-state index contributed by atoms with van der Waals surface area (Å²) < 4.78 is 14.1. The Morgan fingerprint density at radius 3 is 2.62 bits per heavy atom. The van der Waals surface area contributed by atoms with E-state index >= 15 is 0 Å². The number of fused-ring (bicyclic) bond motifs is 1. The summed E-state index contributed by atoms with van der Waals surface area (Å²) in [7, 11) is 0. The molecule has 0 amide bonds. The Hall–Kier alpha value is -2.75. The molecule has 1 aromatic heterocycles. The number of carboxylic acids is 1. The highest BCUT2D eigenvalue weighted by atomic mass is 19.1. The van der Waals surface area contributed by atoms with Crippen molar-refractivity contribution in [2.24, 2.45) is 0 Å². The van der Waals surface area contributed by atoms with E-state index in [0.29, 0.717) is 11.1 Å². The van der Waals surface area contributed by atoms with Gasteiger partial charge in [-0.15, -0.1) is 0 Å². The monoisotopic (exact) mass is 281 g/mol. The third kappa shape index (κ3) is 2.48. The van der Waals surface area contributed by atoms with Gasteiger partial charge in [0.2, 0.25) is 0 Å². The Labute approximate surface area is 120 Å². The number of carboxylic acid groups (broad SMARTS) is 1. The summed E-state index contributed by atoms with van der Waals surface area (Å²) in [5, 5.41) is 9.78. The molecule has 0 bridgehead atoms. The molecule has 3 nitrogen and oxygen atoms in total. The molecule has 0 saturated heterocycles. The number of rotatable bonds is 2. The van der Waals surface area contributed by atoms with E-state index < -0.39 is 11.8 Å². The van der Waals surface area contributed by atoms with E-state index in [1.54, 1.807) is 6.07 Å². The summed E-state index contributed by atoms with van der Waals surface area (Å²) in [5.74, 6) is -1.69. The molecule has 0 aliphatic rings. The van der Waals surface area contributed by atoms with E-state index in [1.165, 1.54) is 12.1 Å². The van der Waals surface area contributed by atoms with Gasteiger partial charge in [0.1, 0.15) is 5.82 Å². The van der Waals surface area contributed by atoms with E-state index in [-0.39, 0.29) is 5.56 Å². The smallest absolute Gasteiger partial charge is 0.335 e. The fraction of sp³-hybridized carbons (Fsp3) is 0.0588. The van der Waals surface area contributed by atoms with Crippen LogP contribution in [0.1, 0.15) is 16.1 Å². The summed E-state index contributed by atoms with van der Waals surface area (Å²) in [5.41, 5.74) is 2.79. The van der Waals surface area contributed by atoms with Crippen LogP contribution in [0.25, 0.3) is 22.0 Å². The Bertz CT molecular complexity index is 859. The molecule has 0 aliphatic heterocycles. The van der Waals surface area contributed by atoms with Crippen LogP contribution >= 0.6 is 0 Å². The number of carbonyl (C=O) groups is 1. The Morgan fingerprint density at radius 1 is 1.10 bits per heavy atom. The van der Waals surface area contributed by atoms with E-state index in [1.807, 2.05) is 31.2 Å². The molecule has 0 unspecified atom stereocenters. The summed E-state index contributed by atoms with van der Waals surface area (Å²) in [4.78, 5) is 15.2. The molecule has 0 fully saturated rings. The Morgan fingerprint density at radius 2 is 1.90 bits per heavy atom. The lowest BCUT2D eigenvalue weighted by Gasteiger charge is -2.06. The summed E-state index contributed by atoms with van der Waals surface area (Å²) in [6.45, 7) is 1.91. The van der Waals surface area contributed by atoms with Crippen molar-refractivity contribution in [2.45, 2.75) is 6.92 Å². The lowest BCUT2D eigenvalue weighted by molar-refractivity contribution is 0.0696. The van der Waals surface area contributed by atoms with E-state index in [2.05, 4.69) is 4.98 Å². The predicted molar refractivity (Wildman–Crippen MR) is 78.8 cm³/mol. The zero-order chi connectivity index (χ0) is 15.0. The molecule has 0 spiro atoms. The first-order chi connectivity index (χ1) is 10.0. The molecule has 0 aliphatic carbocycles. The molecule has 104 valence electrons. The SMILES string of the molecule is Cc1ccc2cc(-c3ccc(C(=O)O)cc3F)ccc2n1. The van der Waals surface area contributed by atoms with Crippen LogP contribution in [0.2, 0.25) is 0 Å². The standard InChI is InChI=1S/C17H12FNO2/c1-10-2-3-12-8-11(5-7-16(12)19-10)14-6-4-13(17(20)21)9-15(14)18/h2-9H,1H3,(H,20,21). The van der Waals surface area contributed by atoms with Crippen LogP contribution in [-0.4, -0.2) is 16.1 Å². The van der Waals surface area contributed by atoms with Crippen LogP contribution in [0.5, 0.6) is 0 Å². The Kier molecular flexibility index (Phi) is 3.14. The second-order valence-electron chi connectivity index (χ2n) is 4.86. The highest BCUT2D eigenvalue weighted by Gasteiger charge is 2.10. The third-order valence-electron chi connectivity index (χ3n) is 3.36. The van der Waals surface area contributed by atoms with Gasteiger partial charge in [-0.3, -0.25) is 4.98 Å². The molecule has 0 atom stereocenters. The second-order valence-corrected chi connectivity index (χ2v) is 4.86. The van der Waals surface area contributed by atoms with Gasteiger partial charge in [-0.25, -0.2) is 9.18 Å². The number of nitrogens with zero attached hydrogens (tertiary/aromatic N) is 1. The first-order valence-corrected chi connectivity index (χ1v) is 6.45. The van der Waals surface area contributed by atoms with Crippen molar-refractivity contribution in [3.8, 4) is 11.1 Å². The van der Waals surface area contributed by atoms with Crippen molar-refractivity contribution in [1.29, 1.82) is 0 Å². The quantitative estimate of drug-likeness (QED) is 0.771. The predicted octanol–water partition coefficient (Wildman–Crippen LogP) is 4.05. The van der Waals surface area contributed by atoms with Gasteiger partial charge in [0.25, 0.3) is 0 Å². The van der Waals surface area contributed by atoms with Crippen LogP contribution in [0.3, 0.4) is 0 Å². The van der Waals surface area contributed by atoms with Gasteiger partial charge in [0, 0.05) is 16.6 Å². The van der Waals surface area contributed by atoms with Crippen LogP contribution in [0.15, 0.2) is 48.5 Å². The van der Waals surface area contributed by atoms with Gasteiger partial charge in [-0.05, 0) is 42.8 Å². The van der Waals surface area contributed by atoms with Crippen molar-refractivity contribution in [3.05, 3.63) is 65.6 Å². The van der Waals surface area contributed by atoms with Gasteiger partial charge >= 0.3 is 5.97 Å². The number of halogens is 1. The molecular formula is C17H12FNO2. The summed E-state index contributed by atoms with van der Waals surface area (Å²) >= 11 is 0. The maximum Gasteiger partial charge on any atom is 0.335 e. The van der Waals surface area contributed by atoms with Crippen molar-refractivity contribution < 1.29 is 14.3 Å². The number of aromatic nitrogens is 1. The molecule has 3 aromatic rings. The zero-order valence-corrected chi connectivity index (χ0v) is 11.3. The summed E-state index contributed by atoms with van der Waals surface area (Å²) in [6, 6.07) is 13.2. The highest BCUT2D eigenvalue weighted by Crippen LogP contribution is 2.27. The number of aromatic carboxylic acids is 1. The molecule has 0 saturated carbocycles. The minimum Gasteiger partial charge on any atom is -0.478 e. The van der Waals surface area contributed by atoms with Crippen molar-refractivity contribution in [3.63, 3.8) is 0 Å². The average Bonchev–Trinajstić information content (AvgIpc) is 2.46. The normalized spacial score (nSPS) is 10.8. The molecule has 21 heavy (non-hydrogen) atoms. The van der Waals surface area contributed by atoms with Crippen LogP contribution in [0.4, 0.5) is 4.39 Å². The number of benzene rings is 2. The topological polar surface area (TPSA) is 50.2 Å². The molecule has 2 aromatic carbocycles. The molecular weight excluding hydrogens is 269 g/mol. The van der Waals surface area contributed by atoms with Crippen LogP contribution in [-0.2, 0) is 0 Å². The summed E-state index contributed by atoms with van der Waals surface area (Å²) in [6.07, 6.45) is 0. The second kappa shape index (κ2) is 4.98. The number of pyridine rings is 1. The fourth-order valence-corrected chi connectivity index (χ4v) is 2.28. The fourth-order valence-electron chi connectivity index (χ4n) is 2.28. The zero-order valence-electron chi connectivity index (χ0n) is 11.3. The lowest BCUT2D eigenvalue weighted by atomic mass is 10.0. The van der Waals surface area contributed by atoms with Crippen molar-refractivity contribution >= 4 is 16.9 Å². The largest absolute Gasteiger partial charge is 0.478 e. The van der Waals surface area contributed by atoms with Gasteiger partial charge in [0.15, 0.2) is 0 Å².